The molecular formula is C19H24N2O4S. The van der Waals surface area contributed by atoms with Crippen molar-refractivity contribution >= 4 is 21.6 Å². The second-order valence-corrected chi connectivity index (χ2v) is 7.93. The second-order valence-electron chi connectivity index (χ2n) is 6.07. The summed E-state index contributed by atoms with van der Waals surface area (Å²) >= 11 is 0. The predicted molar refractivity (Wildman–Crippen MR) is 103 cm³/mol. The Morgan fingerprint density at radius 1 is 1.04 bits per heavy atom. The highest BCUT2D eigenvalue weighted by molar-refractivity contribution is 7.92. The van der Waals surface area contributed by atoms with Crippen LogP contribution >= 0.6 is 0 Å². The molecule has 0 spiro atoms. The number of nitrogens with zero attached hydrogens (tertiary/aromatic N) is 1. The minimum atomic E-state index is -3.65. The van der Waals surface area contributed by atoms with Gasteiger partial charge >= 0.3 is 0 Å². The maximum atomic E-state index is 12.7. The molecule has 26 heavy (non-hydrogen) atoms. The zero-order valence-electron chi connectivity index (χ0n) is 15.3. The van der Waals surface area contributed by atoms with E-state index >= 15 is 0 Å². The molecule has 1 N–H and O–H groups in total. The van der Waals surface area contributed by atoms with Gasteiger partial charge in [0.25, 0.3) is 0 Å². The molecular weight excluding hydrogens is 352 g/mol. The van der Waals surface area contributed by atoms with Crippen molar-refractivity contribution in [3.05, 3.63) is 60.2 Å². The summed E-state index contributed by atoms with van der Waals surface area (Å²) in [5, 5.41) is 2.87. The lowest BCUT2D eigenvalue weighted by Crippen LogP contribution is -2.48. The van der Waals surface area contributed by atoms with Gasteiger partial charge in [0.1, 0.15) is 11.8 Å². The van der Waals surface area contributed by atoms with Gasteiger partial charge in [-0.1, -0.05) is 30.3 Å². The van der Waals surface area contributed by atoms with Crippen LogP contribution in [-0.2, 0) is 14.8 Å². The van der Waals surface area contributed by atoms with Crippen LogP contribution in [0.25, 0.3) is 0 Å². The Balaban J connectivity index is 2.23. The summed E-state index contributed by atoms with van der Waals surface area (Å²) in [7, 11) is -2.12. The molecule has 2 aromatic rings. The van der Waals surface area contributed by atoms with E-state index in [1.807, 2.05) is 37.3 Å². The normalized spacial score (nSPS) is 13.5. The van der Waals surface area contributed by atoms with Crippen LogP contribution in [0.4, 0.5) is 5.69 Å². The van der Waals surface area contributed by atoms with Gasteiger partial charge in [0.2, 0.25) is 15.9 Å². The number of anilines is 1. The molecule has 0 unspecified atom stereocenters. The van der Waals surface area contributed by atoms with E-state index in [4.69, 9.17) is 4.74 Å². The summed E-state index contributed by atoms with van der Waals surface area (Å²) in [4.78, 5) is 12.7. The molecule has 0 aliphatic heterocycles. The first-order valence-corrected chi connectivity index (χ1v) is 10.1. The van der Waals surface area contributed by atoms with Crippen LogP contribution in [0.3, 0.4) is 0 Å². The molecule has 7 heteroatoms. The molecule has 0 saturated heterocycles. The van der Waals surface area contributed by atoms with E-state index in [2.05, 4.69) is 5.32 Å². The first-order chi connectivity index (χ1) is 12.2. The van der Waals surface area contributed by atoms with Gasteiger partial charge in [0.15, 0.2) is 0 Å². The summed E-state index contributed by atoms with van der Waals surface area (Å²) in [6.45, 7) is 3.43. The molecule has 0 bridgehead atoms. The number of carbonyl (C=O) groups excluding carboxylic acids is 1. The minimum absolute atomic E-state index is 0.233. The van der Waals surface area contributed by atoms with Gasteiger partial charge in [-0.25, -0.2) is 8.42 Å². The molecule has 1 amide bonds. The van der Waals surface area contributed by atoms with Crippen molar-refractivity contribution in [1.82, 2.24) is 5.32 Å². The molecule has 2 aromatic carbocycles. The molecule has 6 nitrogen and oxygen atoms in total. The van der Waals surface area contributed by atoms with E-state index in [1.165, 1.54) is 7.11 Å². The van der Waals surface area contributed by atoms with Gasteiger partial charge < -0.3 is 10.1 Å². The highest BCUT2D eigenvalue weighted by Gasteiger charge is 2.29. The number of sulfonamides is 1. The third-order valence-corrected chi connectivity index (χ3v) is 5.32. The molecule has 0 radical (unpaired) electrons. The SMILES string of the molecule is COc1ccc(N([C@H](C)C(=O)N[C@H](C)c2ccccc2)S(C)(=O)=O)cc1. The summed E-state index contributed by atoms with van der Waals surface area (Å²) in [6, 6.07) is 14.9. The summed E-state index contributed by atoms with van der Waals surface area (Å²) in [5.74, 6) is 0.236. The summed E-state index contributed by atoms with van der Waals surface area (Å²) in [5.41, 5.74) is 1.35. The largest absolute Gasteiger partial charge is 0.497 e. The Bertz CT molecular complexity index is 836. The smallest absolute Gasteiger partial charge is 0.244 e. The van der Waals surface area contributed by atoms with E-state index in [1.54, 1.807) is 31.2 Å². The van der Waals surface area contributed by atoms with E-state index in [0.717, 1.165) is 16.1 Å². The number of hydrogen-bond acceptors (Lipinski definition) is 4. The van der Waals surface area contributed by atoms with E-state index in [0.29, 0.717) is 11.4 Å². The Kier molecular flexibility index (Phi) is 6.26. The number of nitrogens with one attached hydrogen (secondary N) is 1. The van der Waals surface area contributed by atoms with Crippen LogP contribution in [0.2, 0.25) is 0 Å². The Morgan fingerprint density at radius 2 is 1.62 bits per heavy atom. The average Bonchev–Trinajstić information content (AvgIpc) is 2.61. The number of ether oxygens (including phenoxy) is 1. The van der Waals surface area contributed by atoms with Gasteiger partial charge in [0.05, 0.1) is 25.1 Å². The zero-order valence-corrected chi connectivity index (χ0v) is 16.2. The fraction of sp³-hybridized carbons (Fsp3) is 0.316. The Labute approximate surface area is 154 Å². The van der Waals surface area contributed by atoms with Gasteiger partial charge in [-0.15, -0.1) is 0 Å². The highest BCUT2D eigenvalue weighted by Crippen LogP contribution is 2.24. The molecule has 0 aliphatic carbocycles. The second kappa shape index (κ2) is 8.23. The van der Waals surface area contributed by atoms with Crippen molar-refractivity contribution in [2.75, 3.05) is 17.7 Å². The summed E-state index contributed by atoms with van der Waals surface area (Å²) in [6.07, 6.45) is 1.08. The standard InChI is InChI=1S/C19H24N2O4S/c1-14(16-8-6-5-7-9-16)20-19(22)15(2)21(26(4,23)24)17-10-12-18(25-3)13-11-17/h5-15H,1-4H3,(H,20,22)/t14-,15-/m1/s1. The Hall–Kier alpha value is -2.54. The highest BCUT2D eigenvalue weighted by atomic mass is 32.2. The summed E-state index contributed by atoms with van der Waals surface area (Å²) < 4.78 is 30.8. The third-order valence-electron chi connectivity index (χ3n) is 4.07. The third kappa shape index (κ3) is 4.76. The van der Waals surface area contributed by atoms with Gasteiger partial charge in [-0.05, 0) is 43.7 Å². The number of rotatable bonds is 7. The molecule has 0 aromatic heterocycles. The minimum Gasteiger partial charge on any atom is -0.497 e. The fourth-order valence-electron chi connectivity index (χ4n) is 2.70. The van der Waals surface area contributed by atoms with Gasteiger partial charge in [0, 0.05) is 0 Å². The van der Waals surface area contributed by atoms with Gasteiger partial charge in [-0.2, -0.15) is 0 Å². The van der Waals surface area contributed by atoms with E-state index in [-0.39, 0.29) is 11.9 Å². The van der Waals surface area contributed by atoms with Crippen molar-refractivity contribution < 1.29 is 17.9 Å². The lowest BCUT2D eigenvalue weighted by Gasteiger charge is -2.29. The van der Waals surface area contributed by atoms with Crippen LogP contribution in [0.5, 0.6) is 5.75 Å². The number of methoxy groups -OCH3 is 1. The molecule has 0 saturated carbocycles. The molecule has 0 aliphatic rings. The lowest BCUT2D eigenvalue weighted by atomic mass is 10.1. The van der Waals surface area contributed by atoms with Crippen LogP contribution in [0.15, 0.2) is 54.6 Å². The van der Waals surface area contributed by atoms with Crippen molar-refractivity contribution in [2.24, 2.45) is 0 Å². The fourth-order valence-corrected chi connectivity index (χ4v) is 3.87. The van der Waals surface area contributed by atoms with Gasteiger partial charge in [-0.3, -0.25) is 9.10 Å². The van der Waals surface area contributed by atoms with Crippen molar-refractivity contribution in [2.45, 2.75) is 25.9 Å². The maximum Gasteiger partial charge on any atom is 0.244 e. The number of benzene rings is 2. The van der Waals surface area contributed by atoms with Crippen molar-refractivity contribution in [1.29, 1.82) is 0 Å². The van der Waals surface area contributed by atoms with Crippen molar-refractivity contribution in [3.8, 4) is 5.75 Å². The van der Waals surface area contributed by atoms with Crippen LogP contribution in [0.1, 0.15) is 25.5 Å². The molecule has 140 valence electrons. The molecule has 0 heterocycles. The quantitative estimate of drug-likeness (QED) is 0.806. The number of hydrogen-bond donors (Lipinski definition) is 1. The Morgan fingerprint density at radius 3 is 2.12 bits per heavy atom. The van der Waals surface area contributed by atoms with E-state index < -0.39 is 16.1 Å². The first kappa shape index (κ1) is 19.8. The number of amides is 1. The van der Waals surface area contributed by atoms with E-state index in [9.17, 15) is 13.2 Å². The zero-order chi connectivity index (χ0) is 19.3. The lowest BCUT2D eigenvalue weighted by molar-refractivity contribution is -0.122. The van der Waals surface area contributed by atoms with Crippen molar-refractivity contribution in [3.63, 3.8) is 0 Å². The first-order valence-electron chi connectivity index (χ1n) is 8.23. The molecule has 2 rings (SSSR count). The topological polar surface area (TPSA) is 75.7 Å². The predicted octanol–water partition coefficient (Wildman–Crippen LogP) is 2.73. The monoisotopic (exact) mass is 376 g/mol. The average molecular weight is 376 g/mol. The van der Waals surface area contributed by atoms with Crippen LogP contribution < -0.4 is 14.4 Å². The maximum absolute atomic E-state index is 12.7. The van der Waals surface area contributed by atoms with Crippen LogP contribution in [0, 0.1) is 0 Å². The number of carbonyl (C=O) groups is 1. The van der Waals surface area contributed by atoms with Crippen LogP contribution in [-0.4, -0.2) is 33.7 Å². The molecule has 2 atom stereocenters. The molecule has 0 fully saturated rings.